The highest BCUT2D eigenvalue weighted by Crippen LogP contribution is 2.30. The quantitative estimate of drug-likeness (QED) is 0.740. The summed E-state index contributed by atoms with van der Waals surface area (Å²) in [4.78, 5) is 35.4. The van der Waals surface area contributed by atoms with Gasteiger partial charge in [0.25, 0.3) is 5.91 Å². The van der Waals surface area contributed by atoms with Gasteiger partial charge < -0.3 is 19.5 Å². The normalized spacial score (nSPS) is 14.7. The first kappa shape index (κ1) is 19.5. The predicted molar refractivity (Wildman–Crippen MR) is 99.6 cm³/mol. The summed E-state index contributed by atoms with van der Waals surface area (Å²) in [5, 5.41) is 4.78. The van der Waals surface area contributed by atoms with Gasteiger partial charge in [0.15, 0.2) is 24.2 Å². The van der Waals surface area contributed by atoms with Crippen molar-refractivity contribution in [3.63, 3.8) is 0 Å². The first-order valence-electron chi connectivity index (χ1n) is 8.41. The molecule has 0 fully saturated rings. The van der Waals surface area contributed by atoms with E-state index < -0.39 is 30.6 Å². The number of carbonyl (C=O) groups excluding carboxylic acids is 3. The Balaban J connectivity index is 1.38. The minimum absolute atomic E-state index is 0.132. The van der Waals surface area contributed by atoms with E-state index >= 15 is 0 Å². The van der Waals surface area contributed by atoms with Crippen molar-refractivity contribution >= 4 is 29.5 Å². The summed E-state index contributed by atoms with van der Waals surface area (Å²) in [5.74, 6) is -0.307. The van der Waals surface area contributed by atoms with Gasteiger partial charge in [-0.05, 0) is 24.3 Å². The van der Waals surface area contributed by atoms with E-state index in [0.29, 0.717) is 11.5 Å². The summed E-state index contributed by atoms with van der Waals surface area (Å²) in [6, 6.07) is 12.7. The number of esters is 1. The monoisotopic (exact) mass is 404 g/mol. The molecular weight excluding hydrogens is 388 g/mol. The second kappa shape index (κ2) is 9.09. The van der Waals surface area contributed by atoms with Crippen molar-refractivity contribution in [2.24, 2.45) is 0 Å². The Bertz CT molecular complexity index is 888. The van der Waals surface area contributed by atoms with Gasteiger partial charge in [-0.25, -0.2) is 9.59 Å². The molecule has 9 heteroatoms. The molecule has 1 atom stereocenters. The second-order valence-electron chi connectivity index (χ2n) is 5.81. The molecule has 0 aliphatic carbocycles. The van der Waals surface area contributed by atoms with Gasteiger partial charge in [0.2, 0.25) is 0 Å². The van der Waals surface area contributed by atoms with Crippen LogP contribution in [0.2, 0.25) is 5.02 Å². The largest absolute Gasteiger partial charge is 0.486 e. The smallest absolute Gasteiger partial charge is 0.340 e. The van der Waals surface area contributed by atoms with Gasteiger partial charge in [0, 0.05) is 0 Å². The van der Waals surface area contributed by atoms with Crippen LogP contribution in [0.25, 0.3) is 0 Å². The molecule has 1 heterocycles. The zero-order valence-electron chi connectivity index (χ0n) is 14.6. The number of halogens is 1. The van der Waals surface area contributed by atoms with Gasteiger partial charge in [-0.2, -0.15) is 0 Å². The van der Waals surface area contributed by atoms with E-state index in [1.54, 1.807) is 24.3 Å². The number of rotatable bonds is 5. The number of fused-ring (bicyclic) bond motifs is 1. The molecule has 2 aromatic carbocycles. The van der Waals surface area contributed by atoms with E-state index in [1.165, 1.54) is 12.1 Å². The topological polar surface area (TPSA) is 103 Å². The molecular formula is C19H17ClN2O6. The van der Waals surface area contributed by atoms with Crippen LogP contribution in [0.1, 0.15) is 10.4 Å². The summed E-state index contributed by atoms with van der Waals surface area (Å²) in [6.45, 7) is -0.221. The first-order chi connectivity index (χ1) is 13.5. The highest BCUT2D eigenvalue weighted by Gasteiger charge is 2.21. The van der Waals surface area contributed by atoms with Crippen LogP contribution in [0.3, 0.4) is 0 Å². The van der Waals surface area contributed by atoms with Crippen LogP contribution in [0.5, 0.6) is 11.5 Å². The van der Waals surface area contributed by atoms with E-state index in [-0.39, 0.29) is 23.7 Å². The molecule has 0 radical (unpaired) electrons. The molecule has 1 aliphatic rings. The highest BCUT2D eigenvalue weighted by atomic mass is 35.5. The van der Waals surface area contributed by atoms with Crippen LogP contribution in [0.15, 0.2) is 48.5 Å². The SMILES string of the molecule is O=C(COC(=O)c1ccccc1Cl)NC(=O)NCC1COc2ccccc2O1. The van der Waals surface area contributed by atoms with Gasteiger partial charge in [0.05, 0.1) is 17.1 Å². The number of benzene rings is 2. The number of nitrogens with one attached hydrogen (secondary N) is 2. The van der Waals surface area contributed by atoms with Crippen LogP contribution in [0, 0.1) is 0 Å². The lowest BCUT2D eigenvalue weighted by Gasteiger charge is -2.26. The summed E-state index contributed by atoms with van der Waals surface area (Å²) in [6.07, 6.45) is -0.395. The van der Waals surface area contributed by atoms with Crippen molar-refractivity contribution in [1.82, 2.24) is 10.6 Å². The fourth-order valence-corrected chi connectivity index (χ4v) is 2.63. The van der Waals surface area contributed by atoms with Crippen molar-refractivity contribution in [2.45, 2.75) is 6.10 Å². The molecule has 1 aliphatic heterocycles. The molecule has 0 saturated heterocycles. The van der Waals surface area contributed by atoms with Crippen molar-refractivity contribution in [3.05, 3.63) is 59.1 Å². The van der Waals surface area contributed by atoms with E-state index in [2.05, 4.69) is 10.6 Å². The second-order valence-corrected chi connectivity index (χ2v) is 6.22. The van der Waals surface area contributed by atoms with Gasteiger partial charge in [-0.15, -0.1) is 0 Å². The Morgan fingerprint density at radius 2 is 1.79 bits per heavy atom. The molecule has 1 unspecified atom stereocenters. The zero-order valence-corrected chi connectivity index (χ0v) is 15.4. The minimum Gasteiger partial charge on any atom is -0.486 e. The maximum absolute atomic E-state index is 11.9. The Hall–Kier alpha value is -3.26. The zero-order chi connectivity index (χ0) is 19.9. The van der Waals surface area contributed by atoms with Crippen LogP contribution in [-0.4, -0.2) is 43.8 Å². The third-order valence-corrected chi connectivity index (χ3v) is 4.07. The molecule has 28 heavy (non-hydrogen) atoms. The van der Waals surface area contributed by atoms with Crippen molar-refractivity contribution in [1.29, 1.82) is 0 Å². The van der Waals surface area contributed by atoms with Crippen molar-refractivity contribution < 1.29 is 28.6 Å². The summed E-state index contributed by atoms with van der Waals surface area (Å²) < 4.78 is 16.1. The molecule has 146 valence electrons. The molecule has 0 bridgehead atoms. The van der Waals surface area contributed by atoms with Crippen LogP contribution in [0.4, 0.5) is 4.79 Å². The fourth-order valence-electron chi connectivity index (χ4n) is 2.41. The molecule has 2 aromatic rings. The first-order valence-corrected chi connectivity index (χ1v) is 8.78. The third kappa shape index (κ3) is 5.14. The van der Waals surface area contributed by atoms with Crippen LogP contribution >= 0.6 is 11.6 Å². The molecule has 0 spiro atoms. The molecule has 3 amide bonds. The van der Waals surface area contributed by atoms with Crippen molar-refractivity contribution in [3.8, 4) is 11.5 Å². The third-order valence-electron chi connectivity index (χ3n) is 3.74. The van der Waals surface area contributed by atoms with E-state index in [9.17, 15) is 14.4 Å². The Morgan fingerprint density at radius 3 is 2.57 bits per heavy atom. The molecule has 2 N–H and O–H groups in total. The van der Waals surface area contributed by atoms with Gasteiger partial charge >= 0.3 is 12.0 Å². The number of urea groups is 1. The number of para-hydroxylation sites is 2. The molecule has 8 nitrogen and oxygen atoms in total. The highest BCUT2D eigenvalue weighted by molar-refractivity contribution is 6.33. The number of ether oxygens (including phenoxy) is 3. The number of amides is 3. The van der Waals surface area contributed by atoms with Gasteiger partial charge in [-0.1, -0.05) is 35.9 Å². The maximum atomic E-state index is 11.9. The Labute approximate surface area is 165 Å². The summed E-state index contributed by atoms with van der Waals surface area (Å²) in [5.41, 5.74) is 0.135. The van der Waals surface area contributed by atoms with Gasteiger partial charge in [0.1, 0.15) is 6.61 Å². The lowest BCUT2D eigenvalue weighted by atomic mass is 10.2. The standard InChI is InChI=1S/C19H17ClN2O6/c20-14-6-2-1-5-13(14)18(24)27-11-17(23)22-19(25)21-9-12-10-26-15-7-3-4-8-16(15)28-12/h1-8,12H,9-11H2,(H2,21,22,23,25). The molecule has 0 saturated carbocycles. The fraction of sp³-hybridized carbons (Fsp3) is 0.211. The van der Waals surface area contributed by atoms with Crippen LogP contribution in [-0.2, 0) is 9.53 Å². The van der Waals surface area contributed by atoms with E-state index in [1.807, 2.05) is 12.1 Å². The van der Waals surface area contributed by atoms with Gasteiger partial charge in [-0.3, -0.25) is 10.1 Å². The van der Waals surface area contributed by atoms with Crippen LogP contribution < -0.4 is 20.1 Å². The lowest BCUT2D eigenvalue weighted by molar-refractivity contribution is -0.123. The Kier molecular flexibility index (Phi) is 6.33. The number of carbonyl (C=O) groups is 3. The molecule has 0 aromatic heterocycles. The number of imide groups is 1. The average molecular weight is 405 g/mol. The maximum Gasteiger partial charge on any atom is 0.340 e. The summed E-state index contributed by atoms with van der Waals surface area (Å²) in [7, 11) is 0. The molecule has 3 rings (SSSR count). The number of hydrogen-bond donors (Lipinski definition) is 2. The van der Waals surface area contributed by atoms with Crippen molar-refractivity contribution in [2.75, 3.05) is 19.8 Å². The minimum atomic E-state index is -0.774. The van der Waals surface area contributed by atoms with E-state index in [4.69, 9.17) is 25.8 Å². The Morgan fingerprint density at radius 1 is 1.07 bits per heavy atom. The predicted octanol–water partition coefficient (Wildman–Crippen LogP) is 2.16. The summed E-state index contributed by atoms with van der Waals surface area (Å²) >= 11 is 5.88. The average Bonchev–Trinajstić information content (AvgIpc) is 2.70. The lowest BCUT2D eigenvalue weighted by Crippen LogP contribution is -2.46. The van der Waals surface area contributed by atoms with E-state index in [0.717, 1.165) is 0 Å². The number of hydrogen-bond acceptors (Lipinski definition) is 6.